The summed E-state index contributed by atoms with van der Waals surface area (Å²) in [5.74, 6) is 0.441. The minimum absolute atomic E-state index is 0.251. The highest BCUT2D eigenvalue weighted by Gasteiger charge is 2.34. The largest absolute Gasteiger partial charge is 0.273 e. The molecule has 1 rings (SSSR count). The number of nitrogens with zero attached hydrogens (tertiary/aromatic N) is 2. The second-order valence-electron chi connectivity index (χ2n) is 4.56. The molecule has 0 N–H and O–H groups in total. The SMILES string of the molecule is CCC(CC)(CCl)C(C#N)N=Cc1ccc(Cl)cc1. The Morgan fingerprint density at radius 1 is 1.32 bits per heavy atom. The maximum atomic E-state index is 9.33. The van der Waals surface area contributed by atoms with Gasteiger partial charge in [0.2, 0.25) is 0 Å². The highest BCUT2D eigenvalue weighted by molar-refractivity contribution is 6.30. The molecule has 0 aliphatic heterocycles. The van der Waals surface area contributed by atoms with Crippen molar-refractivity contribution in [3.05, 3.63) is 34.9 Å². The van der Waals surface area contributed by atoms with Crippen molar-refractivity contribution in [2.75, 3.05) is 5.88 Å². The fraction of sp³-hybridized carbons (Fsp3) is 0.467. The first-order valence-corrected chi connectivity index (χ1v) is 7.27. The van der Waals surface area contributed by atoms with Gasteiger partial charge in [-0.15, -0.1) is 11.6 Å². The van der Waals surface area contributed by atoms with Crippen LogP contribution in [0.2, 0.25) is 5.02 Å². The molecule has 0 saturated carbocycles. The van der Waals surface area contributed by atoms with Gasteiger partial charge in [0.15, 0.2) is 0 Å². The van der Waals surface area contributed by atoms with Gasteiger partial charge in [0, 0.05) is 22.5 Å². The molecule has 0 radical (unpaired) electrons. The molecule has 102 valence electrons. The zero-order valence-electron chi connectivity index (χ0n) is 11.2. The van der Waals surface area contributed by atoms with Gasteiger partial charge in [-0.3, -0.25) is 4.99 Å². The molecule has 0 aliphatic carbocycles. The van der Waals surface area contributed by atoms with Crippen molar-refractivity contribution >= 4 is 29.4 Å². The summed E-state index contributed by atoms with van der Waals surface area (Å²) in [6, 6.07) is 9.21. The number of alkyl halides is 1. The Morgan fingerprint density at radius 3 is 2.32 bits per heavy atom. The van der Waals surface area contributed by atoms with E-state index in [0.717, 1.165) is 18.4 Å². The van der Waals surface area contributed by atoms with Gasteiger partial charge in [-0.1, -0.05) is 37.6 Å². The van der Waals surface area contributed by atoms with Crippen LogP contribution in [0.15, 0.2) is 29.3 Å². The molecule has 0 heterocycles. The Bertz CT molecular complexity index is 448. The molecule has 19 heavy (non-hydrogen) atoms. The van der Waals surface area contributed by atoms with Crippen LogP contribution >= 0.6 is 23.2 Å². The topological polar surface area (TPSA) is 36.1 Å². The fourth-order valence-electron chi connectivity index (χ4n) is 1.94. The molecule has 0 fully saturated rings. The number of aliphatic imine (C=N–C) groups is 1. The second kappa shape index (κ2) is 7.53. The summed E-state index contributed by atoms with van der Waals surface area (Å²) in [6.45, 7) is 4.10. The van der Waals surface area contributed by atoms with Crippen molar-refractivity contribution in [2.24, 2.45) is 10.4 Å². The number of hydrogen-bond donors (Lipinski definition) is 0. The van der Waals surface area contributed by atoms with Crippen LogP contribution in [0, 0.1) is 16.7 Å². The van der Waals surface area contributed by atoms with Crippen LogP contribution in [0.25, 0.3) is 0 Å². The smallest absolute Gasteiger partial charge is 0.143 e. The number of benzene rings is 1. The molecule has 1 aromatic carbocycles. The van der Waals surface area contributed by atoms with Crippen molar-refractivity contribution in [3.63, 3.8) is 0 Å². The highest BCUT2D eigenvalue weighted by atomic mass is 35.5. The van der Waals surface area contributed by atoms with Gasteiger partial charge in [-0.05, 0) is 30.5 Å². The molecule has 0 spiro atoms. The van der Waals surface area contributed by atoms with Crippen LogP contribution < -0.4 is 0 Å². The van der Waals surface area contributed by atoms with Gasteiger partial charge < -0.3 is 0 Å². The highest BCUT2D eigenvalue weighted by Crippen LogP contribution is 2.33. The van der Waals surface area contributed by atoms with Crippen LogP contribution in [0.3, 0.4) is 0 Å². The normalized spacial score (nSPS) is 13.4. The quantitative estimate of drug-likeness (QED) is 0.554. The lowest BCUT2D eigenvalue weighted by molar-refractivity contribution is 0.276. The zero-order chi connectivity index (χ0) is 14.3. The Morgan fingerprint density at radius 2 is 1.89 bits per heavy atom. The summed E-state index contributed by atoms with van der Waals surface area (Å²) in [5, 5.41) is 10.0. The van der Waals surface area contributed by atoms with Gasteiger partial charge in [0.05, 0.1) is 6.07 Å². The fourth-order valence-corrected chi connectivity index (χ4v) is 2.59. The van der Waals surface area contributed by atoms with Gasteiger partial charge in [0.1, 0.15) is 6.04 Å². The first kappa shape index (κ1) is 16.0. The van der Waals surface area contributed by atoms with Gasteiger partial charge in [0.25, 0.3) is 0 Å². The maximum Gasteiger partial charge on any atom is 0.143 e. The molecule has 1 atom stereocenters. The average Bonchev–Trinajstić information content (AvgIpc) is 2.46. The van der Waals surface area contributed by atoms with Crippen molar-refractivity contribution in [1.29, 1.82) is 5.26 Å². The summed E-state index contributed by atoms with van der Waals surface area (Å²) in [7, 11) is 0. The lowest BCUT2D eigenvalue weighted by Gasteiger charge is -2.31. The first-order chi connectivity index (χ1) is 9.11. The number of rotatable bonds is 6. The van der Waals surface area contributed by atoms with E-state index in [1.54, 1.807) is 18.3 Å². The maximum absolute atomic E-state index is 9.33. The molecule has 0 amide bonds. The third kappa shape index (κ3) is 3.96. The molecule has 0 aliphatic rings. The molecule has 0 saturated heterocycles. The van der Waals surface area contributed by atoms with E-state index in [9.17, 15) is 5.26 Å². The lowest BCUT2D eigenvalue weighted by atomic mass is 9.78. The van der Waals surface area contributed by atoms with Crippen molar-refractivity contribution < 1.29 is 0 Å². The van der Waals surface area contributed by atoms with Crippen LogP contribution in [0.4, 0.5) is 0 Å². The summed E-state index contributed by atoms with van der Waals surface area (Å²) in [5.41, 5.74) is 0.680. The molecular formula is C15H18Cl2N2. The Balaban J connectivity index is 2.93. The van der Waals surface area contributed by atoms with E-state index in [4.69, 9.17) is 23.2 Å². The first-order valence-electron chi connectivity index (χ1n) is 6.36. The molecule has 1 aromatic rings. The van der Waals surface area contributed by atoms with E-state index < -0.39 is 6.04 Å². The third-order valence-electron chi connectivity index (χ3n) is 3.62. The number of halogens is 2. The Hall–Kier alpha value is -1.04. The predicted molar refractivity (Wildman–Crippen MR) is 82.2 cm³/mol. The summed E-state index contributed by atoms with van der Waals surface area (Å²) < 4.78 is 0. The van der Waals surface area contributed by atoms with E-state index in [0.29, 0.717) is 10.9 Å². The predicted octanol–water partition coefficient (Wildman–Crippen LogP) is 4.70. The van der Waals surface area contributed by atoms with Crippen LogP contribution in [-0.2, 0) is 0 Å². The molecule has 4 heteroatoms. The van der Waals surface area contributed by atoms with E-state index in [2.05, 4.69) is 11.1 Å². The van der Waals surface area contributed by atoms with Crippen molar-refractivity contribution in [3.8, 4) is 6.07 Å². The van der Waals surface area contributed by atoms with E-state index in [1.807, 2.05) is 26.0 Å². The standard InChI is InChI=1S/C15H18Cl2N2/c1-3-15(4-2,11-16)14(9-18)19-10-12-5-7-13(17)8-6-12/h5-8,10,14H,3-4,11H2,1-2H3. The molecular weight excluding hydrogens is 279 g/mol. The van der Waals surface area contributed by atoms with Crippen molar-refractivity contribution in [2.45, 2.75) is 32.7 Å². The molecule has 0 bridgehead atoms. The number of hydrogen-bond acceptors (Lipinski definition) is 2. The third-order valence-corrected chi connectivity index (χ3v) is 4.40. The molecule has 1 unspecified atom stereocenters. The van der Waals surface area contributed by atoms with Crippen molar-refractivity contribution in [1.82, 2.24) is 0 Å². The Labute approximate surface area is 125 Å². The summed E-state index contributed by atoms with van der Waals surface area (Å²) >= 11 is 11.9. The minimum Gasteiger partial charge on any atom is -0.273 e. The Kier molecular flexibility index (Phi) is 6.34. The second-order valence-corrected chi connectivity index (χ2v) is 5.27. The average molecular weight is 297 g/mol. The lowest BCUT2D eigenvalue weighted by Crippen LogP contribution is -2.34. The van der Waals surface area contributed by atoms with Crippen LogP contribution in [-0.4, -0.2) is 18.1 Å². The van der Waals surface area contributed by atoms with Gasteiger partial charge in [-0.2, -0.15) is 5.26 Å². The summed E-state index contributed by atoms with van der Waals surface area (Å²) in [6.07, 6.45) is 3.39. The van der Waals surface area contributed by atoms with E-state index in [-0.39, 0.29) is 5.41 Å². The van der Waals surface area contributed by atoms with Gasteiger partial charge >= 0.3 is 0 Å². The molecule has 2 nitrogen and oxygen atoms in total. The van der Waals surface area contributed by atoms with Crippen LogP contribution in [0.1, 0.15) is 32.3 Å². The van der Waals surface area contributed by atoms with Crippen LogP contribution in [0.5, 0.6) is 0 Å². The number of nitriles is 1. The zero-order valence-corrected chi connectivity index (χ0v) is 12.7. The monoisotopic (exact) mass is 296 g/mol. The minimum atomic E-state index is -0.421. The summed E-state index contributed by atoms with van der Waals surface area (Å²) in [4.78, 5) is 4.41. The van der Waals surface area contributed by atoms with Gasteiger partial charge in [-0.25, -0.2) is 0 Å². The van der Waals surface area contributed by atoms with E-state index >= 15 is 0 Å². The van der Waals surface area contributed by atoms with E-state index in [1.165, 1.54) is 0 Å². The molecule has 0 aromatic heterocycles.